The fourth-order valence-electron chi connectivity index (χ4n) is 5.03. The van der Waals surface area contributed by atoms with Gasteiger partial charge in [-0.1, -0.05) is 0 Å². The van der Waals surface area contributed by atoms with Crippen LogP contribution in [0.25, 0.3) is 33.1 Å². The number of nitrogens with one attached hydrogen (secondary N) is 1. The van der Waals surface area contributed by atoms with Gasteiger partial charge in [0.25, 0.3) is 0 Å². The standard InChI is InChI=1S/C25H30FN5O2S/c1-16(2)31-11-7-18(8-12-31)34(32,33)28-22-5-9-27-25-24(22)20(15-30(25)4)19-14-23-17(13-21(19)26)6-10-29(23)3/h5-6,9-10,13-16,18H,7-8,11-12H2,1-4H3,(H,27,28). The molecule has 1 fully saturated rings. The molecule has 0 saturated carbocycles. The first-order valence-electron chi connectivity index (χ1n) is 11.6. The average molecular weight is 484 g/mol. The predicted octanol–water partition coefficient (Wildman–Crippen LogP) is 4.49. The van der Waals surface area contributed by atoms with Crippen molar-refractivity contribution < 1.29 is 12.8 Å². The van der Waals surface area contributed by atoms with Gasteiger partial charge in [-0.2, -0.15) is 0 Å². The number of likely N-dealkylation sites (tertiary alicyclic amines) is 1. The molecule has 1 saturated heterocycles. The summed E-state index contributed by atoms with van der Waals surface area (Å²) in [6.45, 7) is 5.77. The van der Waals surface area contributed by atoms with E-state index in [2.05, 4.69) is 28.5 Å². The van der Waals surface area contributed by atoms with Crippen molar-refractivity contribution in [1.29, 1.82) is 0 Å². The monoisotopic (exact) mass is 483 g/mol. The molecule has 0 amide bonds. The molecule has 1 N–H and O–H groups in total. The molecule has 180 valence electrons. The van der Waals surface area contributed by atoms with Crippen LogP contribution in [-0.2, 0) is 24.1 Å². The maximum absolute atomic E-state index is 15.2. The largest absolute Gasteiger partial charge is 0.351 e. The molecule has 9 heteroatoms. The van der Waals surface area contributed by atoms with Crippen LogP contribution in [0, 0.1) is 5.82 Å². The van der Waals surface area contributed by atoms with E-state index in [4.69, 9.17) is 0 Å². The van der Waals surface area contributed by atoms with Crippen LogP contribution in [0.15, 0.2) is 42.9 Å². The number of nitrogens with zero attached hydrogens (tertiary/aromatic N) is 4. The van der Waals surface area contributed by atoms with Crippen molar-refractivity contribution >= 4 is 37.6 Å². The van der Waals surface area contributed by atoms with Crippen molar-refractivity contribution in [2.75, 3.05) is 17.8 Å². The van der Waals surface area contributed by atoms with E-state index in [-0.39, 0.29) is 5.82 Å². The molecule has 0 radical (unpaired) electrons. The lowest BCUT2D eigenvalue weighted by molar-refractivity contribution is 0.186. The number of sulfonamides is 1. The van der Waals surface area contributed by atoms with Gasteiger partial charge in [0.1, 0.15) is 11.5 Å². The molecule has 4 heterocycles. The topological polar surface area (TPSA) is 72.2 Å². The van der Waals surface area contributed by atoms with Crippen molar-refractivity contribution in [1.82, 2.24) is 19.0 Å². The lowest BCUT2D eigenvalue weighted by atomic mass is 10.0. The lowest BCUT2D eigenvalue weighted by Gasteiger charge is -2.34. The third-order valence-electron chi connectivity index (χ3n) is 7.02. The minimum atomic E-state index is -3.62. The van der Waals surface area contributed by atoms with E-state index in [9.17, 15) is 8.42 Å². The van der Waals surface area contributed by atoms with Gasteiger partial charge in [0.05, 0.1) is 16.3 Å². The van der Waals surface area contributed by atoms with Crippen molar-refractivity contribution in [3.05, 3.63) is 48.7 Å². The predicted molar refractivity (Wildman–Crippen MR) is 135 cm³/mol. The number of hydrogen-bond acceptors (Lipinski definition) is 4. The smallest absolute Gasteiger partial charge is 0.235 e. The van der Waals surface area contributed by atoms with E-state index < -0.39 is 15.3 Å². The van der Waals surface area contributed by atoms with Crippen LogP contribution in [0.4, 0.5) is 10.1 Å². The molecule has 0 aliphatic carbocycles. The van der Waals surface area contributed by atoms with Gasteiger partial charge in [-0.15, -0.1) is 0 Å². The van der Waals surface area contributed by atoms with Gasteiger partial charge in [0, 0.05) is 60.8 Å². The molecule has 3 aromatic heterocycles. The number of anilines is 1. The second-order valence-electron chi connectivity index (χ2n) is 9.50. The Kier molecular flexibility index (Phi) is 5.64. The summed E-state index contributed by atoms with van der Waals surface area (Å²) in [7, 11) is 0.126. The summed E-state index contributed by atoms with van der Waals surface area (Å²) in [4.78, 5) is 6.75. The quantitative estimate of drug-likeness (QED) is 0.454. The Morgan fingerprint density at radius 2 is 1.82 bits per heavy atom. The molecule has 34 heavy (non-hydrogen) atoms. The van der Waals surface area contributed by atoms with Crippen LogP contribution >= 0.6 is 0 Å². The molecule has 0 bridgehead atoms. The van der Waals surface area contributed by atoms with Crippen molar-refractivity contribution in [3.63, 3.8) is 0 Å². The molecule has 0 atom stereocenters. The van der Waals surface area contributed by atoms with Crippen molar-refractivity contribution in [2.24, 2.45) is 14.1 Å². The summed E-state index contributed by atoms with van der Waals surface area (Å²) in [6.07, 6.45) is 6.46. The molecule has 7 nitrogen and oxygen atoms in total. The Balaban J connectivity index is 1.57. The summed E-state index contributed by atoms with van der Waals surface area (Å²) in [6, 6.07) is 7.26. The second-order valence-corrected chi connectivity index (χ2v) is 11.5. The second kappa shape index (κ2) is 8.39. The zero-order valence-corrected chi connectivity index (χ0v) is 20.7. The number of halogens is 1. The Bertz CT molecular complexity index is 1480. The fraction of sp³-hybridized carbons (Fsp3) is 0.400. The zero-order chi connectivity index (χ0) is 24.2. The molecular weight excluding hydrogens is 453 g/mol. The summed E-state index contributed by atoms with van der Waals surface area (Å²) >= 11 is 0. The zero-order valence-electron chi connectivity index (χ0n) is 19.9. The Morgan fingerprint density at radius 1 is 1.09 bits per heavy atom. The normalized spacial score (nSPS) is 16.2. The van der Waals surface area contributed by atoms with Crippen molar-refractivity contribution in [2.45, 2.75) is 38.0 Å². The van der Waals surface area contributed by atoms with Crippen LogP contribution in [0.5, 0.6) is 0 Å². The Labute approximate surface area is 199 Å². The van der Waals surface area contributed by atoms with Gasteiger partial charge in [-0.25, -0.2) is 17.8 Å². The summed E-state index contributed by atoms with van der Waals surface area (Å²) in [5.41, 5.74) is 2.95. The SMILES string of the molecule is CC(C)N1CCC(S(=O)(=O)Nc2ccnc3c2c(-c2cc4c(ccn4C)cc2F)cn3C)CC1. The number of benzene rings is 1. The van der Waals surface area contributed by atoms with Gasteiger partial charge in [-0.3, -0.25) is 4.72 Å². The highest BCUT2D eigenvalue weighted by Crippen LogP contribution is 2.38. The first-order chi connectivity index (χ1) is 16.2. The van der Waals surface area contributed by atoms with Gasteiger partial charge < -0.3 is 14.0 Å². The van der Waals surface area contributed by atoms with Gasteiger partial charge in [0.15, 0.2) is 0 Å². The van der Waals surface area contributed by atoms with Crippen LogP contribution in [0.2, 0.25) is 0 Å². The molecule has 1 aliphatic rings. The number of aromatic nitrogens is 3. The first-order valence-corrected chi connectivity index (χ1v) is 13.1. The molecule has 0 spiro atoms. The van der Waals surface area contributed by atoms with Gasteiger partial charge >= 0.3 is 0 Å². The Hall–Kier alpha value is -2.91. The molecular formula is C25H30FN5O2S. The maximum Gasteiger partial charge on any atom is 0.235 e. The minimum absolute atomic E-state index is 0.357. The highest BCUT2D eigenvalue weighted by atomic mass is 32.2. The van der Waals surface area contributed by atoms with E-state index >= 15 is 4.39 Å². The molecule has 4 aromatic rings. The number of piperidine rings is 1. The van der Waals surface area contributed by atoms with Gasteiger partial charge in [-0.05, 0) is 64.0 Å². The molecule has 0 unspecified atom stereocenters. The minimum Gasteiger partial charge on any atom is -0.351 e. The van der Waals surface area contributed by atoms with Gasteiger partial charge in [0.2, 0.25) is 10.0 Å². The number of fused-ring (bicyclic) bond motifs is 2. The highest BCUT2D eigenvalue weighted by Gasteiger charge is 2.31. The first kappa shape index (κ1) is 22.9. The number of hydrogen-bond donors (Lipinski definition) is 1. The van der Waals surface area contributed by atoms with Crippen LogP contribution in [0.3, 0.4) is 0 Å². The van der Waals surface area contributed by atoms with E-state index in [1.54, 1.807) is 16.8 Å². The van der Waals surface area contributed by atoms with Crippen molar-refractivity contribution in [3.8, 4) is 11.1 Å². The summed E-state index contributed by atoms with van der Waals surface area (Å²) < 4.78 is 48.5. The molecule has 1 aromatic carbocycles. The van der Waals surface area contributed by atoms with E-state index in [1.165, 1.54) is 6.07 Å². The van der Waals surface area contributed by atoms with Crippen LogP contribution < -0.4 is 4.72 Å². The molecule has 1 aliphatic heterocycles. The molecule has 5 rings (SSSR count). The maximum atomic E-state index is 15.2. The lowest BCUT2D eigenvalue weighted by Crippen LogP contribution is -2.43. The fourth-order valence-corrected chi connectivity index (χ4v) is 6.50. The third kappa shape index (κ3) is 3.86. The van der Waals surface area contributed by atoms with E-state index in [1.807, 2.05) is 43.2 Å². The summed E-state index contributed by atoms with van der Waals surface area (Å²) in [5.74, 6) is -0.357. The highest BCUT2D eigenvalue weighted by molar-refractivity contribution is 7.93. The number of rotatable bonds is 5. The third-order valence-corrected chi connectivity index (χ3v) is 8.87. The van der Waals surface area contributed by atoms with Crippen LogP contribution in [0.1, 0.15) is 26.7 Å². The van der Waals surface area contributed by atoms with E-state index in [0.29, 0.717) is 46.7 Å². The average Bonchev–Trinajstić information content (AvgIpc) is 3.33. The van der Waals surface area contributed by atoms with E-state index in [0.717, 1.165) is 24.0 Å². The summed E-state index contributed by atoms with van der Waals surface area (Å²) in [5, 5.41) is 0.950. The Morgan fingerprint density at radius 3 is 2.53 bits per heavy atom. The number of pyridine rings is 1. The van der Waals surface area contributed by atoms with Crippen LogP contribution in [-0.4, -0.2) is 51.8 Å². The number of aryl methyl sites for hydroxylation is 2.